The van der Waals surface area contributed by atoms with Gasteiger partial charge < -0.3 is 9.64 Å². The van der Waals surface area contributed by atoms with Crippen molar-refractivity contribution < 1.29 is 9.13 Å². The Labute approximate surface area is 145 Å². The minimum absolute atomic E-state index is 0.313. The van der Waals surface area contributed by atoms with Crippen LogP contribution in [0.25, 0.3) is 0 Å². The van der Waals surface area contributed by atoms with E-state index in [-0.39, 0.29) is 0 Å². The third kappa shape index (κ3) is 3.43. The van der Waals surface area contributed by atoms with Gasteiger partial charge in [0.15, 0.2) is 11.6 Å². The molecular weight excluding hydrogens is 323 g/mol. The molecule has 0 amide bonds. The van der Waals surface area contributed by atoms with E-state index in [0.717, 1.165) is 24.2 Å². The number of hydrogen-bond acceptors (Lipinski definition) is 7. The molecule has 1 fully saturated rings. The average molecular weight is 342 g/mol. The Bertz CT molecular complexity index is 763. The number of ether oxygens (including phenoxy) is 1. The zero-order valence-electron chi connectivity index (χ0n) is 13.8. The molecule has 2 aromatic heterocycles. The molecule has 130 valence electrons. The lowest BCUT2D eigenvalue weighted by molar-refractivity contribution is 0.122. The van der Waals surface area contributed by atoms with Gasteiger partial charge in [0.1, 0.15) is 0 Å². The summed E-state index contributed by atoms with van der Waals surface area (Å²) >= 11 is 0. The van der Waals surface area contributed by atoms with E-state index in [4.69, 9.17) is 4.74 Å². The number of halogens is 1. The highest BCUT2D eigenvalue weighted by molar-refractivity contribution is 5.99. The van der Waals surface area contributed by atoms with Crippen LogP contribution in [0.5, 0.6) is 0 Å². The van der Waals surface area contributed by atoms with Gasteiger partial charge in [-0.05, 0) is 25.0 Å². The Hall–Kier alpha value is -2.61. The lowest BCUT2D eigenvalue weighted by Crippen LogP contribution is -2.38. The second-order valence-electron chi connectivity index (χ2n) is 5.93. The zero-order chi connectivity index (χ0) is 17.1. The van der Waals surface area contributed by atoms with E-state index in [0.29, 0.717) is 44.6 Å². The van der Waals surface area contributed by atoms with Gasteiger partial charge in [0, 0.05) is 25.8 Å². The number of aromatic nitrogens is 3. The van der Waals surface area contributed by atoms with Gasteiger partial charge in [0.2, 0.25) is 5.95 Å². The van der Waals surface area contributed by atoms with Crippen LogP contribution in [0.1, 0.15) is 18.5 Å². The van der Waals surface area contributed by atoms with Gasteiger partial charge in [-0.2, -0.15) is 10.1 Å². The monoisotopic (exact) mass is 342 g/mol. The molecule has 0 atom stereocenters. The van der Waals surface area contributed by atoms with Gasteiger partial charge in [-0.1, -0.05) is 6.07 Å². The highest BCUT2D eigenvalue weighted by Gasteiger charge is 2.22. The molecule has 0 saturated carbocycles. The number of pyridine rings is 1. The molecule has 1 saturated heterocycles. The quantitative estimate of drug-likeness (QED) is 0.848. The smallest absolute Gasteiger partial charge is 0.248 e. The summed E-state index contributed by atoms with van der Waals surface area (Å²) in [5.41, 5.74) is 1.75. The summed E-state index contributed by atoms with van der Waals surface area (Å²) in [6.45, 7) is 3.09. The molecule has 0 N–H and O–H groups in total. The van der Waals surface area contributed by atoms with Gasteiger partial charge >= 0.3 is 0 Å². The third-order valence-corrected chi connectivity index (χ3v) is 4.24. The van der Waals surface area contributed by atoms with Crippen LogP contribution in [-0.4, -0.2) is 53.5 Å². The van der Waals surface area contributed by atoms with Crippen molar-refractivity contribution in [1.29, 1.82) is 0 Å². The predicted octanol–water partition coefficient (Wildman–Crippen LogP) is 1.85. The number of hydrogen-bond donors (Lipinski definition) is 0. The van der Waals surface area contributed by atoms with Crippen molar-refractivity contribution in [3.63, 3.8) is 0 Å². The van der Waals surface area contributed by atoms with E-state index in [1.54, 1.807) is 11.2 Å². The van der Waals surface area contributed by atoms with Gasteiger partial charge in [-0.25, -0.2) is 14.4 Å². The maximum Gasteiger partial charge on any atom is 0.248 e. The Morgan fingerprint density at radius 2 is 1.96 bits per heavy atom. The average Bonchev–Trinajstić information content (AvgIpc) is 2.70. The Balaban J connectivity index is 1.62. The minimum atomic E-state index is -0.420. The van der Waals surface area contributed by atoms with Crippen molar-refractivity contribution in [3.8, 4) is 0 Å². The van der Waals surface area contributed by atoms with Crippen molar-refractivity contribution in [2.45, 2.75) is 12.8 Å². The maximum absolute atomic E-state index is 14.2. The molecule has 0 aliphatic carbocycles. The molecule has 0 aromatic carbocycles. The lowest BCUT2D eigenvalue weighted by Gasteiger charge is -2.29. The van der Waals surface area contributed by atoms with Gasteiger partial charge in [0.25, 0.3) is 0 Å². The second-order valence-corrected chi connectivity index (χ2v) is 5.93. The highest BCUT2D eigenvalue weighted by Crippen LogP contribution is 2.23. The maximum atomic E-state index is 14.2. The van der Waals surface area contributed by atoms with E-state index in [1.165, 1.54) is 6.20 Å². The van der Waals surface area contributed by atoms with Crippen LogP contribution < -0.4 is 9.91 Å². The zero-order valence-corrected chi connectivity index (χ0v) is 13.8. The fourth-order valence-electron chi connectivity index (χ4n) is 2.97. The standard InChI is InChI=1S/C17H19FN6O/c18-13-12-20-17(21-16(13)23-8-10-25-11-9-23)24-7-3-5-15(22-24)14-4-1-2-6-19-14/h1-2,4,6,12H,3,5,7-11H2. The molecule has 2 aliphatic heterocycles. The molecule has 0 unspecified atom stereocenters. The second kappa shape index (κ2) is 7.10. The summed E-state index contributed by atoms with van der Waals surface area (Å²) in [5.74, 6) is 0.307. The molecule has 0 bridgehead atoms. The lowest BCUT2D eigenvalue weighted by atomic mass is 10.1. The molecular formula is C17H19FN6O. The molecule has 0 radical (unpaired) electrons. The van der Waals surface area contributed by atoms with Gasteiger partial charge in [-0.15, -0.1) is 0 Å². The summed E-state index contributed by atoms with van der Waals surface area (Å²) in [5, 5.41) is 6.37. The molecule has 8 heteroatoms. The predicted molar refractivity (Wildman–Crippen MR) is 92.4 cm³/mol. The largest absolute Gasteiger partial charge is 0.378 e. The van der Waals surface area contributed by atoms with Crippen LogP contribution in [0.3, 0.4) is 0 Å². The van der Waals surface area contributed by atoms with Gasteiger partial charge in [-0.3, -0.25) is 4.98 Å². The van der Waals surface area contributed by atoms with Crippen molar-refractivity contribution in [1.82, 2.24) is 15.0 Å². The Kier molecular flexibility index (Phi) is 4.51. The first-order valence-corrected chi connectivity index (χ1v) is 8.43. The molecule has 0 spiro atoms. The molecule has 4 rings (SSSR count). The van der Waals surface area contributed by atoms with Crippen molar-refractivity contribution in [3.05, 3.63) is 42.1 Å². The fourth-order valence-corrected chi connectivity index (χ4v) is 2.97. The summed E-state index contributed by atoms with van der Waals surface area (Å²) < 4.78 is 19.5. The SMILES string of the molecule is Fc1cnc(N2CCCC(c3ccccn3)=N2)nc1N1CCOCC1. The van der Waals surface area contributed by atoms with E-state index >= 15 is 0 Å². The summed E-state index contributed by atoms with van der Waals surface area (Å²) in [4.78, 5) is 14.8. The molecule has 2 aromatic rings. The van der Waals surface area contributed by atoms with Crippen molar-refractivity contribution >= 4 is 17.5 Å². The number of anilines is 2. The Morgan fingerprint density at radius 1 is 1.08 bits per heavy atom. The fraction of sp³-hybridized carbons (Fsp3) is 0.412. The van der Waals surface area contributed by atoms with Crippen LogP contribution in [0.2, 0.25) is 0 Å². The van der Waals surface area contributed by atoms with E-state index in [9.17, 15) is 4.39 Å². The first kappa shape index (κ1) is 15.9. The summed E-state index contributed by atoms with van der Waals surface area (Å²) in [6.07, 6.45) is 4.74. The van der Waals surface area contributed by atoms with E-state index in [2.05, 4.69) is 20.1 Å². The topological polar surface area (TPSA) is 66.7 Å². The Morgan fingerprint density at radius 3 is 2.76 bits per heavy atom. The van der Waals surface area contributed by atoms with Crippen LogP contribution in [0.4, 0.5) is 16.2 Å². The van der Waals surface area contributed by atoms with Gasteiger partial charge in [0.05, 0.1) is 30.8 Å². The highest BCUT2D eigenvalue weighted by atomic mass is 19.1. The number of morpholine rings is 1. The summed E-state index contributed by atoms with van der Waals surface area (Å²) in [6, 6.07) is 5.75. The van der Waals surface area contributed by atoms with Crippen LogP contribution in [0.15, 0.2) is 35.7 Å². The normalized spacial score (nSPS) is 18.2. The number of nitrogens with zero attached hydrogens (tertiary/aromatic N) is 6. The van der Waals surface area contributed by atoms with Crippen LogP contribution in [0, 0.1) is 5.82 Å². The molecule has 4 heterocycles. The molecule has 2 aliphatic rings. The van der Waals surface area contributed by atoms with Crippen LogP contribution in [-0.2, 0) is 4.74 Å². The number of rotatable bonds is 3. The minimum Gasteiger partial charge on any atom is -0.378 e. The first-order chi connectivity index (χ1) is 12.3. The first-order valence-electron chi connectivity index (χ1n) is 8.43. The molecule has 7 nitrogen and oxygen atoms in total. The van der Waals surface area contributed by atoms with Crippen LogP contribution >= 0.6 is 0 Å². The van der Waals surface area contributed by atoms with E-state index in [1.807, 2.05) is 23.1 Å². The van der Waals surface area contributed by atoms with Crippen molar-refractivity contribution in [2.75, 3.05) is 42.8 Å². The number of hydrazone groups is 1. The third-order valence-electron chi connectivity index (χ3n) is 4.24. The molecule has 25 heavy (non-hydrogen) atoms. The van der Waals surface area contributed by atoms with Crippen molar-refractivity contribution in [2.24, 2.45) is 5.10 Å². The summed E-state index contributed by atoms with van der Waals surface area (Å²) in [7, 11) is 0. The van der Waals surface area contributed by atoms with E-state index < -0.39 is 5.82 Å².